The highest BCUT2D eigenvalue weighted by atomic mass is 35.5. The average molecular weight is 388 g/mol. The molecule has 4 rings (SSSR count). The van der Waals surface area contributed by atoms with Gasteiger partial charge in [0.15, 0.2) is 0 Å². The van der Waals surface area contributed by atoms with E-state index in [0.717, 1.165) is 35.6 Å². The van der Waals surface area contributed by atoms with Crippen molar-refractivity contribution in [2.45, 2.75) is 12.5 Å². The van der Waals surface area contributed by atoms with Crippen molar-refractivity contribution < 1.29 is 0 Å². The zero-order valence-electron chi connectivity index (χ0n) is 14.5. The van der Waals surface area contributed by atoms with E-state index in [0.29, 0.717) is 18.4 Å². The molecule has 2 aromatic carbocycles. The number of nitrogens with two attached hydrogens (primary N) is 1. The molecule has 2 atom stereocenters. The lowest BCUT2D eigenvalue weighted by Gasteiger charge is -2.17. The second-order valence-corrected chi connectivity index (χ2v) is 7.28. The van der Waals surface area contributed by atoms with Gasteiger partial charge in [-0.1, -0.05) is 48.0 Å². The average Bonchev–Trinajstić information content (AvgIpc) is 3.05. The minimum Gasteiger partial charge on any atom is -0.330 e. The van der Waals surface area contributed by atoms with Crippen molar-refractivity contribution in [1.82, 2.24) is 9.88 Å². The zero-order chi connectivity index (χ0) is 17.2. The van der Waals surface area contributed by atoms with Crippen LogP contribution in [0.25, 0.3) is 10.9 Å². The maximum absolute atomic E-state index is 6.32. The minimum absolute atomic E-state index is 0. The van der Waals surface area contributed by atoms with Gasteiger partial charge in [-0.3, -0.25) is 9.88 Å². The van der Waals surface area contributed by atoms with E-state index in [2.05, 4.69) is 46.3 Å². The van der Waals surface area contributed by atoms with E-state index in [1.807, 2.05) is 24.4 Å². The maximum atomic E-state index is 6.32. The van der Waals surface area contributed by atoms with Gasteiger partial charge in [0.1, 0.15) is 0 Å². The number of rotatable bonds is 4. The van der Waals surface area contributed by atoms with Crippen molar-refractivity contribution in [2.24, 2.45) is 11.7 Å². The Morgan fingerprint density at radius 2 is 1.88 bits per heavy atom. The van der Waals surface area contributed by atoms with Crippen LogP contribution < -0.4 is 5.73 Å². The van der Waals surface area contributed by atoms with Gasteiger partial charge in [-0.05, 0) is 41.8 Å². The Balaban J connectivity index is 0.00000196. The normalized spacial score (nSPS) is 20.2. The van der Waals surface area contributed by atoms with Crippen LogP contribution in [-0.4, -0.2) is 29.5 Å². The third-order valence-electron chi connectivity index (χ3n) is 5.19. The highest BCUT2D eigenvalue weighted by Crippen LogP contribution is 2.33. The Morgan fingerprint density at radius 3 is 2.65 bits per heavy atom. The van der Waals surface area contributed by atoms with Crippen LogP contribution in [0.5, 0.6) is 0 Å². The number of halogens is 2. The van der Waals surface area contributed by atoms with Crippen LogP contribution in [0.1, 0.15) is 17.0 Å². The van der Waals surface area contributed by atoms with Crippen molar-refractivity contribution in [3.63, 3.8) is 0 Å². The van der Waals surface area contributed by atoms with Gasteiger partial charge in [0.2, 0.25) is 0 Å². The van der Waals surface area contributed by atoms with E-state index in [1.165, 1.54) is 11.1 Å². The summed E-state index contributed by atoms with van der Waals surface area (Å²) in [6.45, 7) is 3.60. The van der Waals surface area contributed by atoms with Crippen LogP contribution in [0.15, 0.2) is 60.8 Å². The molecule has 136 valence electrons. The van der Waals surface area contributed by atoms with Crippen molar-refractivity contribution in [3.05, 3.63) is 76.9 Å². The summed E-state index contributed by atoms with van der Waals surface area (Å²) in [6.07, 6.45) is 1.85. The lowest BCUT2D eigenvalue weighted by molar-refractivity contribution is 0.318. The third kappa shape index (κ3) is 3.86. The maximum Gasteiger partial charge on any atom is 0.0747 e. The summed E-state index contributed by atoms with van der Waals surface area (Å²) in [6, 6.07) is 18.8. The van der Waals surface area contributed by atoms with Crippen molar-refractivity contribution in [3.8, 4) is 0 Å². The topological polar surface area (TPSA) is 42.1 Å². The first-order valence-electron chi connectivity index (χ1n) is 8.75. The van der Waals surface area contributed by atoms with Gasteiger partial charge in [-0.15, -0.1) is 12.4 Å². The summed E-state index contributed by atoms with van der Waals surface area (Å²) < 4.78 is 0. The Kier molecular flexibility index (Phi) is 6.15. The van der Waals surface area contributed by atoms with Gasteiger partial charge in [-0.2, -0.15) is 0 Å². The van der Waals surface area contributed by atoms with Crippen LogP contribution in [0.2, 0.25) is 5.02 Å². The largest absolute Gasteiger partial charge is 0.330 e. The van der Waals surface area contributed by atoms with E-state index in [-0.39, 0.29) is 12.4 Å². The Hall–Kier alpha value is -1.65. The first-order valence-corrected chi connectivity index (χ1v) is 9.13. The Labute approximate surface area is 165 Å². The lowest BCUT2D eigenvalue weighted by Crippen LogP contribution is -2.23. The van der Waals surface area contributed by atoms with Gasteiger partial charge in [0.25, 0.3) is 0 Å². The molecule has 3 nitrogen and oxygen atoms in total. The van der Waals surface area contributed by atoms with E-state index < -0.39 is 0 Å². The fourth-order valence-electron chi connectivity index (χ4n) is 4.00. The molecular weight excluding hydrogens is 365 g/mol. The van der Waals surface area contributed by atoms with Crippen LogP contribution in [-0.2, 0) is 6.54 Å². The number of nitrogens with zero attached hydrogens (tertiary/aromatic N) is 2. The quantitative estimate of drug-likeness (QED) is 0.717. The zero-order valence-corrected chi connectivity index (χ0v) is 16.1. The van der Waals surface area contributed by atoms with Crippen molar-refractivity contribution >= 4 is 34.9 Å². The highest BCUT2D eigenvalue weighted by Gasteiger charge is 2.32. The van der Waals surface area contributed by atoms with Crippen LogP contribution in [0, 0.1) is 5.92 Å². The van der Waals surface area contributed by atoms with Gasteiger partial charge >= 0.3 is 0 Å². The monoisotopic (exact) mass is 387 g/mol. The summed E-state index contributed by atoms with van der Waals surface area (Å²) >= 11 is 6.32. The van der Waals surface area contributed by atoms with E-state index in [9.17, 15) is 0 Å². The van der Waals surface area contributed by atoms with Crippen molar-refractivity contribution in [2.75, 3.05) is 19.6 Å². The number of hydrogen-bond acceptors (Lipinski definition) is 3. The molecule has 0 spiro atoms. The molecule has 5 heteroatoms. The second kappa shape index (κ2) is 8.36. The molecule has 1 aliphatic rings. The Bertz CT molecular complexity index is 870. The fourth-order valence-corrected chi connectivity index (χ4v) is 4.24. The molecule has 0 bridgehead atoms. The first-order chi connectivity index (χ1) is 12.2. The predicted octanol–water partition coefficient (Wildman–Crippen LogP) is 4.48. The molecule has 26 heavy (non-hydrogen) atoms. The van der Waals surface area contributed by atoms with Crippen LogP contribution >= 0.6 is 24.0 Å². The van der Waals surface area contributed by atoms with Crippen LogP contribution in [0.4, 0.5) is 0 Å². The molecule has 2 N–H and O–H groups in total. The molecule has 0 amide bonds. The Morgan fingerprint density at radius 1 is 1.08 bits per heavy atom. The number of likely N-dealkylation sites (tertiary alicyclic amines) is 1. The fraction of sp³-hybridized carbons (Fsp3) is 0.286. The number of pyridine rings is 1. The smallest absolute Gasteiger partial charge is 0.0747 e. The third-order valence-corrected chi connectivity index (χ3v) is 5.41. The van der Waals surface area contributed by atoms with Crippen molar-refractivity contribution in [1.29, 1.82) is 0 Å². The molecule has 2 heterocycles. The minimum atomic E-state index is 0. The summed E-state index contributed by atoms with van der Waals surface area (Å²) in [5.74, 6) is 0.977. The molecule has 0 saturated carbocycles. The van der Waals surface area contributed by atoms with Gasteiger partial charge in [0, 0.05) is 42.2 Å². The number of benzene rings is 2. The van der Waals surface area contributed by atoms with E-state index in [1.54, 1.807) is 0 Å². The van der Waals surface area contributed by atoms with Gasteiger partial charge < -0.3 is 5.73 Å². The molecule has 0 aliphatic carbocycles. The summed E-state index contributed by atoms with van der Waals surface area (Å²) in [5, 5.41) is 1.86. The molecule has 1 aromatic heterocycles. The van der Waals surface area contributed by atoms with Gasteiger partial charge in [-0.25, -0.2) is 0 Å². The number of fused-ring (bicyclic) bond motifs is 1. The highest BCUT2D eigenvalue weighted by molar-refractivity contribution is 6.31. The molecule has 1 aliphatic heterocycles. The first kappa shape index (κ1) is 19.1. The van der Waals surface area contributed by atoms with Gasteiger partial charge in [0.05, 0.1) is 5.52 Å². The summed E-state index contributed by atoms with van der Waals surface area (Å²) in [7, 11) is 0. The van der Waals surface area contributed by atoms with Crippen LogP contribution in [0.3, 0.4) is 0 Å². The molecule has 1 saturated heterocycles. The predicted molar refractivity (Wildman–Crippen MR) is 111 cm³/mol. The molecule has 3 aromatic rings. The van der Waals surface area contributed by atoms with E-state index >= 15 is 0 Å². The SMILES string of the molecule is Cl.NC[C@@H]1CN(Cc2cc(Cl)cc3cccnc23)C[C@H]1c1ccccc1. The second-order valence-electron chi connectivity index (χ2n) is 6.85. The number of hydrogen-bond donors (Lipinski definition) is 1. The lowest BCUT2D eigenvalue weighted by atomic mass is 9.89. The molecule has 1 fully saturated rings. The summed E-state index contributed by atoms with van der Waals surface area (Å²) in [5.41, 5.74) is 9.68. The standard InChI is InChI=1S/C21H22ClN3.ClH/c22-19-9-16-7-4-8-24-21(16)17(10-19)12-25-13-18(11-23)20(14-25)15-5-2-1-3-6-15;/h1-10,18,20H,11-14,23H2;1H/t18-,20+;/m1./s1. The molecular formula is C21H23Cl2N3. The molecule has 0 radical (unpaired) electrons. The summed E-state index contributed by atoms with van der Waals surface area (Å²) in [4.78, 5) is 7.05. The number of aromatic nitrogens is 1. The molecule has 0 unspecified atom stereocenters. The van der Waals surface area contributed by atoms with E-state index in [4.69, 9.17) is 17.3 Å².